The molecule has 2 heterocycles. The molecule has 1 aromatic heterocycles. The molecule has 1 atom stereocenters. The minimum atomic E-state index is -0.107. The first-order valence-electron chi connectivity index (χ1n) is 6.39. The van der Waals surface area contributed by atoms with Crippen molar-refractivity contribution < 1.29 is 9.47 Å². The number of nitrogens with two attached hydrogens (primary N) is 1. The summed E-state index contributed by atoms with van der Waals surface area (Å²) in [5.74, 6) is 7.24. The lowest BCUT2D eigenvalue weighted by atomic mass is 10.1. The minimum Gasteiger partial charge on any atom is -0.490 e. The third-order valence-electron chi connectivity index (χ3n) is 3.15. The number of benzene rings is 1. The molecule has 1 unspecified atom stereocenters. The van der Waals surface area contributed by atoms with E-state index in [1.165, 1.54) is 11.3 Å². The Balaban J connectivity index is 1.94. The number of ether oxygens (including phenoxy) is 2. The summed E-state index contributed by atoms with van der Waals surface area (Å²) in [5, 5.41) is 0. The number of hydrogen-bond donors (Lipinski definition) is 2. The van der Waals surface area contributed by atoms with Crippen molar-refractivity contribution in [2.24, 2.45) is 5.84 Å². The summed E-state index contributed by atoms with van der Waals surface area (Å²) in [7, 11) is 0. The summed E-state index contributed by atoms with van der Waals surface area (Å²) >= 11 is 7.50. The zero-order chi connectivity index (χ0) is 13.9. The van der Waals surface area contributed by atoms with E-state index in [1.54, 1.807) is 0 Å². The lowest BCUT2D eigenvalue weighted by molar-refractivity contribution is 0.297. The van der Waals surface area contributed by atoms with Gasteiger partial charge in [0.05, 0.1) is 23.6 Å². The first-order valence-corrected chi connectivity index (χ1v) is 7.58. The molecule has 6 heteroatoms. The Bertz CT molecular complexity index is 603. The van der Waals surface area contributed by atoms with Crippen molar-refractivity contribution in [2.75, 3.05) is 13.2 Å². The van der Waals surface area contributed by atoms with Crippen molar-refractivity contribution in [2.45, 2.75) is 12.5 Å². The number of nitrogens with one attached hydrogen (secondary N) is 1. The quantitative estimate of drug-likeness (QED) is 0.675. The molecule has 0 saturated carbocycles. The number of rotatable bonds is 3. The van der Waals surface area contributed by atoms with Gasteiger partial charge in [-0.1, -0.05) is 17.7 Å². The highest BCUT2D eigenvalue weighted by atomic mass is 35.5. The van der Waals surface area contributed by atoms with Gasteiger partial charge in [0.1, 0.15) is 0 Å². The van der Waals surface area contributed by atoms with Crippen molar-refractivity contribution in [3.8, 4) is 11.5 Å². The van der Waals surface area contributed by atoms with Crippen molar-refractivity contribution in [1.82, 2.24) is 5.43 Å². The predicted octanol–water partition coefficient (Wildman–Crippen LogP) is 3.12. The van der Waals surface area contributed by atoms with Gasteiger partial charge in [0.15, 0.2) is 11.5 Å². The van der Waals surface area contributed by atoms with Crippen LogP contribution < -0.4 is 20.7 Å². The molecule has 3 N–H and O–H groups in total. The second-order valence-corrected chi connectivity index (χ2v) is 6.24. The van der Waals surface area contributed by atoms with E-state index in [4.69, 9.17) is 26.9 Å². The maximum atomic E-state index is 5.99. The molecule has 0 fully saturated rings. The smallest absolute Gasteiger partial charge is 0.161 e. The Morgan fingerprint density at radius 2 is 1.95 bits per heavy atom. The second kappa shape index (κ2) is 6.01. The van der Waals surface area contributed by atoms with E-state index < -0.39 is 0 Å². The van der Waals surface area contributed by atoms with Gasteiger partial charge < -0.3 is 9.47 Å². The highest BCUT2D eigenvalue weighted by Gasteiger charge is 2.18. The molecule has 0 spiro atoms. The average molecular weight is 311 g/mol. The number of hydrazine groups is 1. The van der Waals surface area contributed by atoms with Crippen molar-refractivity contribution in [3.63, 3.8) is 0 Å². The molecule has 0 bridgehead atoms. The lowest BCUT2D eigenvalue weighted by Gasteiger charge is -2.16. The third kappa shape index (κ3) is 2.76. The van der Waals surface area contributed by atoms with Crippen LogP contribution in [0.15, 0.2) is 30.3 Å². The van der Waals surface area contributed by atoms with Gasteiger partial charge in [-0.15, -0.1) is 11.3 Å². The van der Waals surface area contributed by atoms with E-state index in [9.17, 15) is 0 Å². The Morgan fingerprint density at radius 1 is 1.15 bits per heavy atom. The molecule has 1 aliphatic heterocycles. The van der Waals surface area contributed by atoms with E-state index in [2.05, 4.69) is 5.43 Å². The number of hydrogen-bond acceptors (Lipinski definition) is 5. The van der Waals surface area contributed by atoms with Crippen LogP contribution >= 0.6 is 22.9 Å². The Morgan fingerprint density at radius 3 is 2.65 bits per heavy atom. The van der Waals surface area contributed by atoms with Crippen molar-refractivity contribution >= 4 is 22.9 Å². The fraction of sp³-hybridized carbons (Fsp3) is 0.286. The zero-order valence-corrected chi connectivity index (χ0v) is 12.3. The summed E-state index contributed by atoms with van der Waals surface area (Å²) < 4.78 is 12.1. The second-order valence-electron chi connectivity index (χ2n) is 4.50. The van der Waals surface area contributed by atoms with Crippen LogP contribution in [0, 0.1) is 0 Å². The highest BCUT2D eigenvalue weighted by Crippen LogP contribution is 2.36. The molecule has 2 aromatic rings. The van der Waals surface area contributed by atoms with Crippen LogP contribution in [0.4, 0.5) is 0 Å². The molecule has 106 valence electrons. The molecular formula is C14H15ClN2O2S. The highest BCUT2D eigenvalue weighted by molar-refractivity contribution is 7.16. The SMILES string of the molecule is NNC(c1ccc2c(c1)OCCCO2)c1ccc(Cl)s1. The van der Waals surface area contributed by atoms with Crippen LogP contribution in [0.3, 0.4) is 0 Å². The number of thiophene rings is 1. The third-order valence-corrected chi connectivity index (χ3v) is 4.45. The van der Waals surface area contributed by atoms with Crippen LogP contribution in [0.2, 0.25) is 4.34 Å². The largest absolute Gasteiger partial charge is 0.490 e. The Kier molecular flexibility index (Phi) is 4.12. The van der Waals surface area contributed by atoms with Crippen molar-refractivity contribution in [3.05, 3.63) is 45.1 Å². The van der Waals surface area contributed by atoms with Crippen molar-refractivity contribution in [1.29, 1.82) is 0 Å². The van der Waals surface area contributed by atoms with Gasteiger partial charge in [0.25, 0.3) is 0 Å². The molecule has 4 nitrogen and oxygen atoms in total. The van der Waals surface area contributed by atoms with Gasteiger partial charge in [0, 0.05) is 11.3 Å². The Hall–Kier alpha value is -1.27. The molecule has 3 rings (SSSR count). The van der Waals surface area contributed by atoms with Gasteiger partial charge in [-0.2, -0.15) is 0 Å². The minimum absolute atomic E-state index is 0.107. The topological polar surface area (TPSA) is 56.5 Å². The summed E-state index contributed by atoms with van der Waals surface area (Å²) in [6.45, 7) is 1.35. The zero-order valence-electron chi connectivity index (χ0n) is 10.8. The van der Waals surface area contributed by atoms with Crippen LogP contribution in [0.25, 0.3) is 0 Å². The van der Waals surface area contributed by atoms with Gasteiger partial charge in [0.2, 0.25) is 0 Å². The molecular weight excluding hydrogens is 296 g/mol. The van der Waals surface area contributed by atoms with E-state index >= 15 is 0 Å². The maximum absolute atomic E-state index is 5.99. The predicted molar refractivity (Wildman–Crippen MR) is 80.5 cm³/mol. The van der Waals surface area contributed by atoms with E-state index in [-0.39, 0.29) is 6.04 Å². The molecule has 1 aliphatic rings. The number of fused-ring (bicyclic) bond motifs is 1. The summed E-state index contributed by atoms with van der Waals surface area (Å²) in [4.78, 5) is 1.06. The van der Waals surface area contributed by atoms with Crippen LogP contribution in [0.1, 0.15) is 22.9 Å². The molecule has 20 heavy (non-hydrogen) atoms. The van der Waals surface area contributed by atoms with Crippen LogP contribution in [-0.2, 0) is 0 Å². The molecule has 0 radical (unpaired) electrons. The standard InChI is InChI=1S/C14H15ClN2O2S/c15-13-5-4-12(20-13)14(17-16)9-2-3-10-11(8-9)19-7-1-6-18-10/h2-5,8,14,17H,1,6-7,16H2. The summed E-state index contributed by atoms with van der Waals surface area (Å²) in [6.07, 6.45) is 0.892. The monoisotopic (exact) mass is 310 g/mol. The molecule has 1 aromatic carbocycles. The van der Waals surface area contributed by atoms with E-state index in [0.717, 1.165) is 32.7 Å². The average Bonchev–Trinajstić information content (AvgIpc) is 2.75. The van der Waals surface area contributed by atoms with E-state index in [0.29, 0.717) is 13.2 Å². The molecule has 0 saturated heterocycles. The van der Waals surface area contributed by atoms with Gasteiger partial charge in [-0.05, 0) is 29.8 Å². The van der Waals surface area contributed by atoms with Gasteiger partial charge in [-0.25, -0.2) is 5.43 Å². The molecule has 0 amide bonds. The summed E-state index contributed by atoms with van der Waals surface area (Å²) in [5.41, 5.74) is 3.85. The van der Waals surface area contributed by atoms with Gasteiger partial charge in [-0.3, -0.25) is 5.84 Å². The normalized spacial score (nSPS) is 15.7. The number of halogens is 1. The van der Waals surface area contributed by atoms with Crippen LogP contribution in [0.5, 0.6) is 11.5 Å². The van der Waals surface area contributed by atoms with E-state index in [1.807, 2.05) is 30.3 Å². The lowest BCUT2D eigenvalue weighted by Crippen LogP contribution is -2.28. The first-order chi connectivity index (χ1) is 9.78. The van der Waals surface area contributed by atoms with Gasteiger partial charge >= 0.3 is 0 Å². The maximum Gasteiger partial charge on any atom is 0.161 e. The fourth-order valence-corrected chi connectivity index (χ4v) is 3.34. The van der Waals surface area contributed by atoms with Crippen LogP contribution in [-0.4, -0.2) is 13.2 Å². The molecule has 0 aliphatic carbocycles. The summed E-state index contributed by atoms with van der Waals surface area (Å²) in [6, 6.07) is 9.62. The fourth-order valence-electron chi connectivity index (χ4n) is 2.19. The Labute approximate surface area is 126 Å². The first kappa shape index (κ1) is 13.7.